The number of nitriles is 1. The molecule has 0 radical (unpaired) electrons. The summed E-state index contributed by atoms with van der Waals surface area (Å²) in [5, 5.41) is 12.3. The summed E-state index contributed by atoms with van der Waals surface area (Å²) < 4.78 is 13.8. The van der Waals surface area contributed by atoms with Crippen molar-refractivity contribution >= 4 is 34.2 Å². The third kappa shape index (κ3) is 3.91. The van der Waals surface area contributed by atoms with E-state index in [1.807, 2.05) is 0 Å². The first-order valence-corrected chi connectivity index (χ1v) is 9.34. The molecule has 1 unspecified atom stereocenters. The van der Waals surface area contributed by atoms with Crippen molar-refractivity contribution in [1.29, 1.82) is 5.26 Å². The molecule has 1 heterocycles. The topological polar surface area (TPSA) is 96.0 Å². The van der Waals surface area contributed by atoms with E-state index in [1.54, 1.807) is 12.1 Å². The highest BCUT2D eigenvalue weighted by Gasteiger charge is 2.27. The number of amides is 2. The summed E-state index contributed by atoms with van der Waals surface area (Å²) >= 11 is 1.32. The maximum Gasteiger partial charge on any atom is 0.266 e. The van der Waals surface area contributed by atoms with Crippen molar-refractivity contribution in [2.75, 3.05) is 5.32 Å². The van der Waals surface area contributed by atoms with Gasteiger partial charge in [0.1, 0.15) is 22.5 Å². The predicted octanol–water partition coefficient (Wildman–Crippen LogP) is 3.66. The standard InChI is InChI=1S/C20H18FN3O2S/c1-11-6-7-14-16(8-11)27-20(17(14)18(23)25)24-19(26)13(10-22)9-12-4-2-3-5-15(12)21/h2-5,9,11H,6-8H2,1H3,(H2,23,25)(H,24,26). The van der Waals surface area contributed by atoms with Gasteiger partial charge in [-0.1, -0.05) is 25.1 Å². The zero-order chi connectivity index (χ0) is 19.6. The molecule has 1 atom stereocenters. The van der Waals surface area contributed by atoms with Crippen LogP contribution in [-0.4, -0.2) is 11.8 Å². The summed E-state index contributed by atoms with van der Waals surface area (Å²) in [7, 11) is 0. The SMILES string of the molecule is CC1CCc2c(sc(NC(=O)C(C#N)=Cc3ccccc3F)c2C(N)=O)C1. The molecular weight excluding hydrogens is 365 g/mol. The lowest BCUT2D eigenvalue weighted by Gasteiger charge is -2.18. The number of hydrogen-bond donors (Lipinski definition) is 2. The summed E-state index contributed by atoms with van der Waals surface area (Å²) in [6.07, 6.45) is 3.70. The number of nitrogens with zero attached hydrogens (tertiary/aromatic N) is 1. The Morgan fingerprint density at radius 3 is 2.81 bits per heavy atom. The van der Waals surface area contributed by atoms with Crippen molar-refractivity contribution in [2.24, 2.45) is 11.7 Å². The number of anilines is 1. The van der Waals surface area contributed by atoms with Crippen molar-refractivity contribution in [2.45, 2.75) is 26.2 Å². The smallest absolute Gasteiger partial charge is 0.266 e. The summed E-state index contributed by atoms with van der Waals surface area (Å²) in [5.41, 5.74) is 6.62. The minimum atomic E-state index is -0.699. The molecule has 2 aromatic rings. The van der Waals surface area contributed by atoms with Crippen LogP contribution < -0.4 is 11.1 Å². The van der Waals surface area contributed by atoms with Crippen LogP contribution >= 0.6 is 11.3 Å². The number of nitrogens with one attached hydrogen (secondary N) is 1. The van der Waals surface area contributed by atoms with Gasteiger partial charge in [0.25, 0.3) is 11.8 Å². The maximum absolute atomic E-state index is 13.8. The third-order valence-corrected chi connectivity index (χ3v) is 5.73. The molecule has 0 fully saturated rings. The Labute approximate surface area is 160 Å². The fourth-order valence-corrected chi connectivity index (χ4v) is 4.58. The minimum Gasteiger partial charge on any atom is -0.365 e. The summed E-state index contributed by atoms with van der Waals surface area (Å²) in [6.45, 7) is 2.13. The molecular formula is C20H18FN3O2S. The number of carbonyl (C=O) groups is 2. The Balaban J connectivity index is 1.93. The van der Waals surface area contributed by atoms with Gasteiger partial charge in [0.15, 0.2) is 0 Å². The van der Waals surface area contributed by atoms with E-state index in [9.17, 15) is 19.2 Å². The van der Waals surface area contributed by atoms with Crippen molar-refractivity contribution in [3.63, 3.8) is 0 Å². The number of benzene rings is 1. The Kier molecular flexibility index (Phi) is 5.38. The van der Waals surface area contributed by atoms with Gasteiger partial charge >= 0.3 is 0 Å². The fraction of sp³-hybridized carbons (Fsp3) is 0.250. The molecule has 0 saturated carbocycles. The van der Waals surface area contributed by atoms with E-state index < -0.39 is 17.6 Å². The molecule has 1 aromatic carbocycles. The fourth-order valence-electron chi connectivity index (χ4n) is 3.17. The zero-order valence-corrected chi connectivity index (χ0v) is 15.5. The minimum absolute atomic E-state index is 0.138. The molecule has 1 aliphatic carbocycles. The van der Waals surface area contributed by atoms with Crippen molar-refractivity contribution in [1.82, 2.24) is 0 Å². The first-order chi connectivity index (χ1) is 12.9. The molecule has 7 heteroatoms. The van der Waals surface area contributed by atoms with Gasteiger partial charge in [-0.15, -0.1) is 11.3 Å². The summed E-state index contributed by atoms with van der Waals surface area (Å²) in [5.74, 6) is -1.34. The summed E-state index contributed by atoms with van der Waals surface area (Å²) in [4.78, 5) is 25.5. The summed E-state index contributed by atoms with van der Waals surface area (Å²) in [6, 6.07) is 7.64. The largest absolute Gasteiger partial charge is 0.365 e. The number of halogens is 1. The lowest BCUT2D eigenvalue weighted by Crippen LogP contribution is -2.19. The van der Waals surface area contributed by atoms with Crippen LogP contribution in [0.25, 0.3) is 6.08 Å². The second-order valence-corrected chi connectivity index (χ2v) is 7.67. The van der Waals surface area contributed by atoms with E-state index in [-0.39, 0.29) is 11.1 Å². The molecule has 0 bridgehead atoms. The first-order valence-electron chi connectivity index (χ1n) is 8.52. The van der Waals surface area contributed by atoms with Gasteiger partial charge in [0.2, 0.25) is 0 Å². The number of rotatable bonds is 4. The van der Waals surface area contributed by atoms with Crippen LogP contribution in [0.15, 0.2) is 29.8 Å². The molecule has 1 aliphatic rings. The highest BCUT2D eigenvalue weighted by atomic mass is 32.1. The number of carbonyl (C=O) groups excluding carboxylic acids is 2. The molecule has 3 rings (SSSR count). The lowest BCUT2D eigenvalue weighted by atomic mass is 9.88. The second-order valence-electron chi connectivity index (χ2n) is 6.57. The van der Waals surface area contributed by atoms with E-state index >= 15 is 0 Å². The highest BCUT2D eigenvalue weighted by Crippen LogP contribution is 2.39. The normalized spacial score (nSPS) is 16.3. The van der Waals surface area contributed by atoms with Gasteiger partial charge in [-0.3, -0.25) is 9.59 Å². The molecule has 0 saturated heterocycles. The van der Waals surface area contributed by atoms with Crippen LogP contribution in [0.3, 0.4) is 0 Å². The van der Waals surface area contributed by atoms with Crippen molar-refractivity contribution in [3.05, 3.63) is 57.2 Å². The van der Waals surface area contributed by atoms with Gasteiger partial charge < -0.3 is 11.1 Å². The lowest BCUT2D eigenvalue weighted by molar-refractivity contribution is -0.112. The van der Waals surface area contributed by atoms with Crippen LogP contribution in [0.1, 0.15) is 39.7 Å². The molecule has 0 aliphatic heterocycles. The molecule has 3 N–H and O–H groups in total. The van der Waals surface area contributed by atoms with Gasteiger partial charge in [0, 0.05) is 10.4 Å². The molecule has 0 spiro atoms. The van der Waals surface area contributed by atoms with Crippen molar-refractivity contribution < 1.29 is 14.0 Å². The van der Waals surface area contributed by atoms with E-state index in [0.29, 0.717) is 16.5 Å². The molecule has 1 aromatic heterocycles. The van der Waals surface area contributed by atoms with Crippen LogP contribution in [0.2, 0.25) is 0 Å². The average Bonchev–Trinajstić information content (AvgIpc) is 2.97. The second kappa shape index (κ2) is 7.72. The number of hydrogen-bond acceptors (Lipinski definition) is 4. The zero-order valence-electron chi connectivity index (χ0n) is 14.7. The van der Waals surface area contributed by atoms with Crippen molar-refractivity contribution in [3.8, 4) is 6.07 Å². The third-order valence-electron chi connectivity index (χ3n) is 4.56. The Bertz CT molecular complexity index is 988. The Hall–Kier alpha value is -2.98. The Morgan fingerprint density at radius 2 is 2.15 bits per heavy atom. The van der Waals surface area contributed by atoms with Gasteiger partial charge in [-0.2, -0.15) is 5.26 Å². The van der Waals surface area contributed by atoms with E-state index in [1.165, 1.54) is 35.6 Å². The van der Waals surface area contributed by atoms with E-state index in [0.717, 1.165) is 29.7 Å². The van der Waals surface area contributed by atoms with Gasteiger partial charge in [0.05, 0.1) is 5.56 Å². The van der Waals surface area contributed by atoms with E-state index in [2.05, 4.69) is 12.2 Å². The van der Waals surface area contributed by atoms with Gasteiger partial charge in [-0.25, -0.2) is 4.39 Å². The van der Waals surface area contributed by atoms with Crippen LogP contribution in [-0.2, 0) is 17.6 Å². The van der Waals surface area contributed by atoms with Crippen LogP contribution in [0.5, 0.6) is 0 Å². The molecule has 2 amide bonds. The van der Waals surface area contributed by atoms with Crippen LogP contribution in [0.4, 0.5) is 9.39 Å². The maximum atomic E-state index is 13.8. The number of fused-ring (bicyclic) bond motifs is 1. The quantitative estimate of drug-likeness (QED) is 0.623. The highest BCUT2D eigenvalue weighted by molar-refractivity contribution is 7.17. The van der Waals surface area contributed by atoms with E-state index in [4.69, 9.17) is 5.73 Å². The first kappa shape index (κ1) is 18.8. The number of primary amides is 1. The average molecular weight is 383 g/mol. The monoisotopic (exact) mass is 383 g/mol. The van der Waals surface area contributed by atoms with Gasteiger partial charge in [-0.05, 0) is 42.9 Å². The molecule has 5 nitrogen and oxygen atoms in total. The predicted molar refractivity (Wildman–Crippen MR) is 103 cm³/mol. The molecule has 27 heavy (non-hydrogen) atoms. The van der Waals surface area contributed by atoms with Crippen LogP contribution in [0, 0.1) is 23.1 Å². The Morgan fingerprint density at radius 1 is 1.41 bits per heavy atom. The number of thiophene rings is 1. The number of nitrogens with two attached hydrogens (primary N) is 1. The molecule has 138 valence electrons.